The van der Waals surface area contributed by atoms with Gasteiger partial charge in [0.05, 0.1) is 5.56 Å². The molecule has 0 heterocycles. The van der Waals surface area contributed by atoms with Gasteiger partial charge in [0, 0.05) is 0 Å². The van der Waals surface area contributed by atoms with Crippen molar-refractivity contribution >= 4 is 0 Å². The predicted octanol–water partition coefficient (Wildman–Crippen LogP) is 4.67. The van der Waals surface area contributed by atoms with E-state index in [9.17, 15) is 26.3 Å². The first-order valence-electron chi connectivity index (χ1n) is 5.27. The van der Waals surface area contributed by atoms with Crippen LogP contribution in [0.3, 0.4) is 0 Å². The van der Waals surface area contributed by atoms with Crippen LogP contribution in [0.1, 0.15) is 0 Å². The van der Waals surface area contributed by atoms with Crippen molar-refractivity contribution in [3.63, 3.8) is 0 Å². The van der Waals surface area contributed by atoms with Crippen LogP contribution in [0.25, 0.3) is 11.1 Å². The van der Waals surface area contributed by atoms with Gasteiger partial charge in [-0.05, 0) is 29.8 Å². The topological polar surface area (TPSA) is 9.23 Å². The number of ether oxygens (including phenoxy) is 1. The second-order valence-electron chi connectivity index (χ2n) is 3.79. The molecule has 0 spiro atoms. The van der Waals surface area contributed by atoms with E-state index in [-0.39, 0.29) is 5.56 Å². The molecule has 2 rings (SSSR count). The smallest absolute Gasteiger partial charge is 0.406 e. The average molecular weight is 292 g/mol. The summed E-state index contributed by atoms with van der Waals surface area (Å²) >= 11 is 0. The zero-order chi connectivity index (χ0) is 14.9. The van der Waals surface area contributed by atoms with Gasteiger partial charge in [-0.2, -0.15) is 0 Å². The van der Waals surface area contributed by atoms with Crippen molar-refractivity contribution in [1.29, 1.82) is 0 Å². The highest BCUT2D eigenvalue weighted by atomic mass is 19.4. The lowest BCUT2D eigenvalue weighted by molar-refractivity contribution is -0.274. The Balaban J connectivity index is 2.38. The van der Waals surface area contributed by atoms with Crippen molar-refractivity contribution in [3.05, 3.63) is 53.8 Å². The molecular weight excluding hydrogens is 286 g/mol. The quantitative estimate of drug-likeness (QED) is 0.577. The Morgan fingerprint density at radius 1 is 0.750 bits per heavy atom. The Morgan fingerprint density at radius 3 is 1.85 bits per heavy atom. The van der Waals surface area contributed by atoms with E-state index in [1.165, 1.54) is 0 Å². The molecule has 106 valence electrons. The number of hydrogen-bond donors (Lipinski definition) is 0. The molecule has 0 unspecified atom stereocenters. The van der Waals surface area contributed by atoms with Crippen molar-refractivity contribution in [1.82, 2.24) is 0 Å². The molecule has 20 heavy (non-hydrogen) atoms. The van der Waals surface area contributed by atoms with Gasteiger partial charge < -0.3 is 4.74 Å². The van der Waals surface area contributed by atoms with Crippen LogP contribution in [-0.4, -0.2) is 6.36 Å². The first-order valence-corrected chi connectivity index (χ1v) is 5.27. The Kier molecular flexibility index (Phi) is 3.61. The van der Waals surface area contributed by atoms with Crippen LogP contribution in [0, 0.1) is 17.5 Å². The minimum atomic E-state index is -4.86. The van der Waals surface area contributed by atoms with Gasteiger partial charge in [-0.1, -0.05) is 12.1 Å². The maximum absolute atomic E-state index is 13.5. The molecule has 2 aromatic carbocycles. The number of rotatable bonds is 2. The molecule has 0 amide bonds. The summed E-state index contributed by atoms with van der Waals surface area (Å²) in [6.45, 7) is 0. The first kappa shape index (κ1) is 14.2. The molecule has 0 fully saturated rings. The third-order valence-corrected chi connectivity index (χ3v) is 2.42. The SMILES string of the molecule is Fc1ccc(F)c(-c2ccc(OC(F)(F)F)cc2)c1F. The van der Waals surface area contributed by atoms with Gasteiger partial charge in [0.2, 0.25) is 0 Å². The molecule has 0 saturated heterocycles. The lowest BCUT2D eigenvalue weighted by Gasteiger charge is -2.10. The van der Waals surface area contributed by atoms with Crippen LogP contribution in [0.2, 0.25) is 0 Å². The van der Waals surface area contributed by atoms with E-state index in [0.717, 1.165) is 30.3 Å². The van der Waals surface area contributed by atoms with E-state index in [2.05, 4.69) is 4.74 Å². The average Bonchev–Trinajstić information content (AvgIpc) is 2.35. The van der Waals surface area contributed by atoms with E-state index in [0.29, 0.717) is 6.07 Å². The summed E-state index contributed by atoms with van der Waals surface area (Å²) < 4.78 is 79.5. The fourth-order valence-corrected chi connectivity index (χ4v) is 1.61. The minimum Gasteiger partial charge on any atom is -0.406 e. The van der Waals surface area contributed by atoms with Gasteiger partial charge in [0.1, 0.15) is 11.6 Å². The van der Waals surface area contributed by atoms with Crippen LogP contribution in [0.15, 0.2) is 36.4 Å². The summed E-state index contributed by atoms with van der Waals surface area (Å²) in [6, 6.07) is 5.12. The summed E-state index contributed by atoms with van der Waals surface area (Å²) in [5.41, 5.74) is -0.752. The Bertz CT molecular complexity index is 618. The van der Waals surface area contributed by atoms with E-state index in [1.54, 1.807) is 0 Å². The first-order chi connectivity index (χ1) is 9.28. The summed E-state index contributed by atoms with van der Waals surface area (Å²) in [5, 5.41) is 0. The largest absolute Gasteiger partial charge is 0.573 e. The van der Waals surface area contributed by atoms with Gasteiger partial charge >= 0.3 is 6.36 Å². The molecular formula is C13H6F6O. The third-order valence-electron chi connectivity index (χ3n) is 2.42. The standard InChI is InChI=1S/C13H6F6O/c14-9-5-6-10(15)12(16)11(9)7-1-3-8(4-2-7)20-13(17,18)19/h1-6H. The second kappa shape index (κ2) is 5.07. The Labute approximate surface area is 109 Å². The predicted molar refractivity (Wildman–Crippen MR) is 58.4 cm³/mol. The van der Waals surface area contributed by atoms with Gasteiger partial charge in [-0.15, -0.1) is 13.2 Å². The molecule has 0 N–H and O–H groups in total. The number of hydrogen-bond acceptors (Lipinski definition) is 1. The van der Waals surface area contributed by atoms with Gasteiger partial charge in [-0.25, -0.2) is 13.2 Å². The molecule has 7 heteroatoms. The normalized spacial score (nSPS) is 11.5. The maximum Gasteiger partial charge on any atom is 0.573 e. The van der Waals surface area contributed by atoms with Gasteiger partial charge in [0.25, 0.3) is 0 Å². The van der Waals surface area contributed by atoms with E-state index in [1.807, 2.05) is 0 Å². The van der Waals surface area contributed by atoms with E-state index >= 15 is 0 Å². The van der Waals surface area contributed by atoms with E-state index < -0.39 is 35.1 Å². The minimum absolute atomic E-state index is 0.103. The highest BCUT2D eigenvalue weighted by Gasteiger charge is 2.31. The molecule has 2 aromatic rings. The zero-order valence-electron chi connectivity index (χ0n) is 9.64. The zero-order valence-corrected chi connectivity index (χ0v) is 9.64. The van der Waals surface area contributed by atoms with Crippen molar-refractivity contribution in [2.75, 3.05) is 0 Å². The van der Waals surface area contributed by atoms with Crippen LogP contribution in [0.4, 0.5) is 26.3 Å². The lowest BCUT2D eigenvalue weighted by atomic mass is 10.0. The van der Waals surface area contributed by atoms with Crippen molar-refractivity contribution in [2.45, 2.75) is 6.36 Å². The molecule has 0 aliphatic heterocycles. The molecule has 0 radical (unpaired) electrons. The second-order valence-corrected chi connectivity index (χ2v) is 3.79. The van der Waals surface area contributed by atoms with Crippen LogP contribution in [0.5, 0.6) is 5.75 Å². The molecule has 0 saturated carbocycles. The van der Waals surface area contributed by atoms with Crippen molar-refractivity contribution in [2.24, 2.45) is 0 Å². The van der Waals surface area contributed by atoms with Gasteiger partial charge in [0.15, 0.2) is 11.6 Å². The maximum atomic E-state index is 13.5. The number of alkyl halides is 3. The number of benzene rings is 2. The molecule has 0 bridgehead atoms. The van der Waals surface area contributed by atoms with Crippen LogP contribution in [-0.2, 0) is 0 Å². The van der Waals surface area contributed by atoms with Crippen LogP contribution >= 0.6 is 0 Å². The summed E-state index contributed by atoms with van der Waals surface area (Å²) in [7, 11) is 0. The van der Waals surface area contributed by atoms with Crippen molar-refractivity contribution in [3.8, 4) is 16.9 Å². The molecule has 1 nitrogen and oxygen atoms in total. The van der Waals surface area contributed by atoms with Crippen LogP contribution < -0.4 is 4.74 Å². The summed E-state index contributed by atoms with van der Waals surface area (Å²) in [4.78, 5) is 0. The van der Waals surface area contributed by atoms with Crippen molar-refractivity contribution < 1.29 is 31.1 Å². The number of halogens is 6. The molecule has 0 aromatic heterocycles. The highest BCUT2D eigenvalue weighted by molar-refractivity contribution is 5.65. The van der Waals surface area contributed by atoms with Gasteiger partial charge in [-0.3, -0.25) is 0 Å². The van der Waals surface area contributed by atoms with E-state index in [4.69, 9.17) is 0 Å². The highest BCUT2D eigenvalue weighted by Crippen LogP contribution is 2.30. The molecule has 0 aliphatic rings. The summed E-state index contributed by atoms with van der Waals surface area (Å²) in [5.74, 6) is -4.22. The summed E-state index contributed by atoms with van der Waals surface area (Å²) in [6.07, 6.45) is -4.86. The fraction of sp³-hybridized carbons (Fsp3) is 0.0769. The Morgan fingerprint density at radius 2 is 1.30 bits per heavy atom. The fourth-order valence-electron chi connectivity index (χ4n) is 1.61. The lowest BCUT2D eigenvalue weighted by Crippen LogP contribution is -2.16. The monoisotopic (exact) mass is 292 g/mol. The molecule has 0 aliphatic carbocycles. The molecule has 0 atom stereocenters. The third kappa shape index (κ3) is 3.04. The Hall–Kier alpha value is -2.18.